The number of carboxylic acids is 1. The van der Waals surface area contributed by atoms with E-state index >= 15 is 0 Å². The van der Waals surface area contributed by atoms with E-state index in [9.17, 15) is 130 Å². The van der Waals surface area contributed by atoms with E-state index in [-0.39, 0.29) is 31.9 Å². The monoisotopic (exact) mass is 1680 g/mol. The number of aliphatic carboxylic acids is 1. The maximum Gasteiger partial charge on any atom is 0.364 e. The number of carbonyl (C=O) groups is 8. The van der Waals surface area contributed by atoms with Crippen molar-refractivity contribution in [2.75, 3.05) is 60.4 Å². The Morgan fingerprint density at radius 3 is 1.49 bits per heavy atom. The Morgan fingerprint density at radius 2 is 1.00 bits per heavy atom. The summed E-state index contributed by atoms with van der Waals surface area (Å²) in [5.74, 6) is -8.06. The van der Waals surface area contributed by atoms with Crippen LogP contribution < -0.4 is 21.3 Å². The van der Waals surface area contributed by atoms with Crippen LogP contribution >= 0.6 is 0 Å². The predicted molar refractivity (Wildman–Crippen MR) is 371 cm³/mol. The lowest BCUT2D eigenvalue weighted by Crippen LogP contribution is -2.70. The van der Waals surface area contributed by atoms with Crippen molar-refractivity contribution in [3.8, 4) is 0 Å². The van der Waals surface area contributed by atoms with Gasteiger partial charge >= 0.3 is 5.97 Å². The van der Waals surface area contributed by atoms with E-state index in [0.717, 1.165) is 26.3 Å². The quantitative estimate of drug-likeness (QED) is 0.0217. The highest BCUT2D eigenvalue weighted by Gasteiger charge is 2.62. The first-order chi connectivity index (χ1) is 55.1. The number of ether oxygens (including phenoxy) is 17. The molecule has 8 rings (SSSR count). The third-order valence-corrected chi connectivity index (χ3v) is 20.2. The second-order valence-corrected chi connectivity index (χ2v) is 28.2. The highest BCUT2D eigenvalue weighted by Crippen LogP contribution is 2.42. The molecule has 0 aromatic heterocycles. The number of nitrogens with one attached hydrogen (secondary N) is 4. The summed E-state index contributed by atoms with van der Waals surface area (Å²) in [6.07, 6.45) is -53.2. The first kappa shape index (κ1) is 97.0. The molecule has 662 valence electrons. The average molecular weight is 1680 g/mol. The number of hydrogen-bond acceptors (Lipinski definition) is 42. The Hall–Kier alpha value is -6.10. The fourth-order valence-electron chi connectivity index (χ4n) is 14.0. The third-order valence-electron chi connectivity index (χ3n) is 20.2. The van der Waals surface area contributed by atoms with Gasteiger partial charge in [0.1, 0.15) is 140 Å². The third kappa shape index (κ3) is 23.7. The molecule has 0 spiro atoms. The second-order valence-electron chi connectivity index (χ2n) is 28.2. The number of hydrogen-bond donors (Lipinski definition) is 22. The molecule has 7 fully saturated rings. The van der Waals surface area contributed by atoms with Crippen molar-refractivity contribution in [3.05, 3.63) is 35.4 Å². The lowest BCUT2D eigenvalue weighted by atomic mass is 9.84. The molecule has 0 bridgehead atoms. The van der Waals surface area contributed by atoms with Crippen molar-refractivity contribution in [1.82, 2.24) is 21.3 Å². The Morgan fingerprint density at radius 1 is 0.534 bits per heavy atom. The van der Waals surface area contributed by atoms with Gasteiger partial charge in [-0.2, -0.15) is 0 Å². The molecular weight excluding hydrogens is 1570 g/mol. The molecule has 1 aromatic carbocycles. The van der Waals surface area contributed by atoms with Crippen molar-refractivity contribution < 1.29 is 211 Å². The number of rotatable bonds is 37. The lowest BCUT2D eigenvalue weighted by Gasteiger charge is -2.50. The van der Waals surface area contributed by atoms with Gasteiger partial charge < -0.3 is 194 Å². The first-order valence-corrected chi connectivity index (χ1v) is 37.0. The number of aliphatic hydroxyl groups excluding tert-OH is 17. The summed E-state index contributed by atoms with van der Waals surface area (Å²) >= 11 is 0. The largest absolute Gasteiger partial charge is 0.477 e. The minimum Gasteiger partial charge on any atom is -0.477 e. The number of aryl methyl sites for hydroxylation is 1. The molecule has 47 nitrogen and oxygen atoms in total. The van der Waals surface area contributed by atoms with Gasteiger partial charge in [0.2, 0.25) is 30.3 Å². The van der Waals surface area contributed by atoms with Crippen LogP contribution in [-0.4, -0.2) is 415 Å². The predicted octanol–water partition coefficient (Wildman–Crippen LogP) is -12.1. The van der Waals surface area contributed by atoms with Crippen LogP contribution in [0.2, 0.25) is 0 Å². The zero-order valence-corrected chi connectivity index (χ0v) is 63.9. The van der Waals surface area contributed by atoms with Crippen LogP contribution in [0.1, 0.15) is 76.2 Å². The summed E-state index contributed by atoms with van der Waals surface area (Å²) in [6.45, 7) is 1.63. The second kappa shape index (κ2) is 45.0. The van der Waals surface area contributed by atoms with Gasteiger partial charge in [-0.3, -0.25) is 33.6 Å². The fourth-order valence-corrected chi connectivity index (χ4v) is 14.0. The van der Waals surface area contributed by atoms with Crippen molar-refractivity contribution in [2.45, 2.75) is 281 Å². The molecule has 0 aliphatic carbocycles. The topological polar surface area (TPSA) is 706 Å². The summed E-state index contributed by atoms with van der Waals surface area (Å²) in [5, 5.41) is 201. The number of carbonyl (C=O) groups excluding carboxylic acids is 7. The molecule has 7 aliphatic heterocycles. The molecule has 13 unspecified atom stereocenters. The molecule has 1 aromatic rings. The van der Waals surface area contributed by atoms with E-state index in [1.54, 1.807) is 31.2 Å². The van der Waals surface area contributed by atoms with E-state index in [2.05, 4.69) is 21.3 Å². The number of carboxylic acid groups (broad SMARTS) is 1. The van der Waals surface area contributed by atoms with Crippen LogP contribution in [0, 0.1) is 5.92 Å². The SMILES string of the molecule is CCC(=O)CCCc1ccc(C(=O)NCCO[C@@H]2OC(OC=O)[C@@H](O[C@H]3OC(CO)[C@@H](O[C@@H]4OC(OC=O)[C@@H](O[C@H]5OC(CO)[C@@H](OC)[C@H](O)C5NC(C)=O)[C@H](O)C4O)[C@H](O)C3NC(C)=O)[C@H](O)C2O)cc1.CO[C@H]1OC(CO)[C@H](O)[C@H](O[C@@H]2OC(CO)[C@H](O)[C@H](O[C@]3(C(=O)O)C[C@@H](O)[C@@H](C)C([C@H](O)[C@H](O)CO)O3)C2O)C1NC(C)=O. The van der Waals surface area contributed by atoms with E-state index in [1.165, 1.54) is 21.1 Å². The number of Topliss-reactive ketones (excluding diaryl/α,β-unsaturated/α-hetero) is 1. The van der Waals surface area contributed by atoms with Crippen molar-refractivity contribution >= 4 is 48.3 Å². The summed E-state index contributed by atoms with van der Waals surface area (Å²) in [7, 11) is 2.42. The van der Waals surface area contributed by atoms with Crippen LogP contribution in [-0.2, 0) is 121 Å². The van der Waals surface area contributed by atoms with Crippen molar-refractivity contribution in [1.29, 1.82) is 0 Å². The zero-order valence-electron chi connectivity index (χ0n) is 63.9. The van der Waals surface area contributed by atoms with Crippen LogP contribution in [0.15, 0.2) is 24.3 Å². The molecule has 7 saturated heterocycles. The van der Waals surface area contributed by atoms with Crippen LogP contribution in [0.3, 0.4) is 0 Å². The lowest BCUT2D eigenvalue weighted by molar-refractivity contribution is -0.398. The molecule has 0 radical (unpaired) electrons. The highest BCUT2D eigenvalue weighted by molar-refractivity contribution is 5.94. The normalized spacial score (nSPS) is 39.8. The number of methoxy groups -OCH3 is 2. The van der Waals surface area contributed by atoms with Crippen molar-refractivity contribution in [3.63, 3.8) is 0 Å². The maximum atomic E-state index is 12.8. The Labute approximate surface area is 661 Å². The molecule has 116 heavy (non-hydrogen) atoms. The summed E-state index contributed by atoms with van der Waals surface area (Å²) in [4.78, 5) is 96.7. The van der Waals surface area contributed by atoms with Gasteiger partial charge in [0.15, 0.2) is 49.9 Å². The van der Waals surface area contributed by atoms with E-state index < -0.39 is 290 Å². The van der Waals surface area contributed by atoms with Gasteiger partial charge in [-0.05, 0) is 30.5 Å². The molecule has 22 N–H and O–H groups in total. The smallest absolute Gasteiger partial charge is 0.364 e. The van der Waals surface area contributed by atoms with Gasteiger partial charge in [0, 0.05) is 72.3 Å². The van der Waals surface area contributed by atoms with Gasteiger partial charge in [-0.15, -0.1) is 0 Å². The van der Waals surface area contributed by atoms with E-state index in [0.29, 0.717) is 31.2 Å². The minimum atomic E-state index is -2.86. The maximum absolute atomic E-state index is 12.8. The Bertz CT molecular complexity index is 3270. The Kier molecular flexibility index (Phi) is 37.6. The molecule has 7 heterocycles. The summed E-state index contributed by atoms with van der Waals surface area (Å²) < 4.78 is 94.4. The number of benzene rings is 1. The van der Waals surface area contributed by atoms with Gasteiger partial charge in [-0.1, -0.05) is 26.0 Å². The summed E-state index contributed by atoms with van der Waals surface area (Å²) in [5.41, 5.74) is 1.29. The standard InChI is InChI=1S/C44H65N3O25.C25H43NO18/c1-5-23(54)8-6-7-21-9-11-22(12-10-21)38(61)45-13-14-63-41-32(59)30(57)36(43(71-41)64-17-50)69-40-27(47-20(3)53)29(56)35(25(16-49)67-40)68-42-33(60)31(58)37(44(72-42)65-18-51)70-39-26(46-19(2)52)28(55)34(62-4)24(15-48)66-39;1-8-10(31)4-25(24(37)38,43-19(8)15(33)11(32)5-27)44-21-17(35)13(7-29)41-23(18(21)36)42-20-14(26-9(2)30)22(39-3)40-12(6-28)16(20)34/h9-12,17-18,24-37,39-44,48-49,55-60H,5-8,13-16H2,1-4H3,(H,45,61)(H,46,52)(H,47,53);8,10-23,27-29,31-36H,4-7H2,1-3H3,(H,26,30)(H,37,38)/t24?,25?,26?,27?,28-,29-,30-,31-,32?,33?,34-,35-,36+,37+,39-,40-,41-,42-,43?,44?;8-,10-,11-,12?,13?,14?,15-,16+,17+,18?,19?,20-,21+,22+,23+,25+/m11/s1. The highest BCUT2D eigenvalue weighted by atomic mass is 16.8. The molecule has 4 amide bonds. The zero-order chi connectivity index (χ0) is 85.9. The van der Waals surface area contributed by atoms with E-state index in [4.69, 9.17) is 80.5 Å². The first-order valence-electron chi connectivity index (χ1n) is 37.0. The van der Waals surface area contributed by atoms with Crippen LogP contribution in [0.25, 0.3) is 0 Å². The molecule has 47 heteroatoms. The van der Waals surface area contributed by atoms with Gasteiger partial charge in [0.05, 0.1) is 51.8 Å². The van der Waals surface area contributed by atoms with Crippen molar-refractivity contribution in [2.24, 2.45) is 5.92 Å². The Balaban J connectivity index is 0.000000361. The minimum absolute atomic E-state index is 0.0719. The fraction of sp³-hybridized carbons (Fsp3) is 0.797. The number of aliphatic hydroxyl groups is 17. The van der Waals surface area contributed by atoms with Gasteiger partial charge in [0.25, 0.3) is 24.6 Å². The summed E-state index contributed by atoms with van der Waals surface area (Å²) in [6, 6.07) is 2.41. The molecular formula is C69H108N4O43. The van der Waals surface area contributed by atoms with Crippen LogP contribution in [0.4, 0.5) is 0 Å². The van der Waals surface area contributed by atoms with E-state index in [1.807, 2.05) is 0 Å². The number of amides is 4. The molecule has 36 atom stereocenters. The van der Waals surface area contributed by atoms with Gasteiger partial charge in [-0.25, -0.2) is 4.79 Å². The average Bonchev–Trinajstić information content (AvgIpc) is 0.756. The number of ketones is 1. The molecule has 7 aliphatic rings. The molecule has 0 saturated carbocycles. The van der Waals surface area contributed by atoms with Crippen LogP contribution in [0.5, 0.6) is 0 Å².